The molecular formula is C39H49BrN6O4. The van der Waals surface area contributed by atoms with Crippen molar-refractivity contribution in [2.45, 2.75) is 158 Å². The fraction of sp³-hybridized carbons (Fsp3) is 0.641. The summed E-state index contributed by atoms with van der Waals surface area (Å²) >= 11 is 3.44. The van der Waals surface area contributed by atoms with Gasteiger partial charge in [0.2, 0.25) is 0 Å². The van der Waals surface area contributed by atoms with Crippen LogP contribution in [0, 0.1) is 22.7 Å². The van der Waals surface area contributed by atoms with Crippen molar-refractivity contribution in [3.63, 3.8) is 0 Å². The van der Waals surface area contributed by atoms with Gasteiger partial charge < -0.3 is 19.3 Å². The highest BCUT2D eigenvalue weighted by atomic mass is 79.9. The van der Waals surface area contributed by atoms with E-state index in [0.717, 1.165) is 41.3 Å². The van der Waals surface area contributed by atoms with E-state index in [4.69, 9.17) is 9.47 Å². The average Bonchev–Trinajstić information content (AvgIpc) is 3.81. The van der Waals surface area contributed by atoms with E-state index < -0.39 is 22.0 Å². The number of hydrogen-bond donors (Lipinski definition) is 0. The van der Waals surface area contributed by atoms with Crippen LogP contribution in [0.4, 0.5) is 9.59 Å². The van der Waals surface area contributed by atoms with Crippen molar-refractivity contribution in [1.29, 1.82) is 10.5 Å². The Kier molecular flexibility index (Phi) is 9.71. The van der Waals surface area contributed by atoms with Crippen LogP contribution in [0.15, 0.2) is 41.4 Å². The lowest BCUT2D eigenvalue weighted by atomic mass is 9.71. The molecule has 0 aromatic carbocycles. The Bertz CT molecular complexity index is 1670. The summed E-state index contributed by atoms with van der Waals surface area (Å²) in [4.78, 5) is 37.7. The lowest BCUT2D eigenvalue weighted by Gasteiger charge is -2.43. The number of carbonyl (C=O) groups excluding carboxylic acids is 2. The van der Waals surface area contributed by atoms with Gasteiger partial charge in [0, 0.05) is 53.4 Å². The molecule has 0 N–H and O–H groups in total. The van der Waals surface area contributed by atoms with Crippen LogP contribution in [0.1, 0.15) is 128 Å². The number of ether oxygens (including phenoxy) is 2. The van der Waals surface area contributed by atoms with Crippen molar-refractivity contribution in [3.05, 3.63) is 58.1 Å². The maximum absolute atomic E-state index is 12.7. The van der Waals surface area contributed by atoms with E-state index in [1.165, 1.54) is 18.4 Å². The summed E-state index contributed by atoms with van der Waals surface area (Å²) in [6, 6.07) is 9.56. The van der Waals surface area contributed by atoms with Crippen LogP contribution in [0.2, 0.25) is 0 Å². The molecular weight excluding hydrogens is 696 g/mol. The zero-order valence-corrected chi connectivity index (χ0v) is 31.7. The third-order valence-electron chi connectivity index (χ3n) is 10.8. The van der Waals surface area contributed by atoms with Gasteiger partial charge in [-0.05, 0) is 150 Å². The highest BCUT2D eigenvalue weighted by molar-refractivity contribution is 9.10. The molecule has 5 aliphatic rings. The quantitative estimate of drug-likeness (QED) is 0.306. The highest BCUT2D eigenvalue weighted by Crippen LogP contribution is 2.49. The molecule has 1 saturated carbocycles. The first-order valence-electron chi connectivity index (χ1n) is 18.0. The molecule has 10 nitrogen and oxygen atoms in total. The number of halogens is 1. The van der Waals surface area contributed by atoms with Gasteiger partial charge in [-0.1, -0.05) is 6.07 Å². The predicted molar refractivity (Wildman–Crippen MR) is 191 cm³/mol. The number of nitriles is 2. The van der Waals surface area contributed by atoms with E-state index in [9.17, 15) is 20.1 Å². The Morgan fingerprint density at radius 2 is 1.10 bits per heavy atom. The molecule has 50 heavy (non-hydrogen) atoms. The maximum Gasteiger partial charge on any atom is 0.410 e. The van der Waals surface area contributed by atoms with E-state index in [2.05, 4.69) is 44.1 Å². The van der Waals surface area contributed by atoms with Crippen molar-refractivity contribution in [2.24, 2.45) is 0 Å². The van der Waals surface area contributed by atoms with E-state index in [1.807, 2.05) is 69.8 Å². The number of piperidine rings is 2. The van der Waals surface area contributed by atoms with Crippen molar-refractivity contribution < 1.29 is 19.1 Å². The van der Waals surface area contributed by atoms with Crippen LogP contribution in [0.3, 0.4) is 0 Å². The van der Waals surface area contributed by atoms with Gasteiger partial charge in [0.25, 0.3) is 0 Å². The lowest BCUT2D eigenvalue weighted by Crippen LogP contribution is -2.52. The Hall–Kier alpha value is -3.70. The minimum absolute atomic E-state index is 0.0530. The van der Waals surface area contributed by atoms with Crippen LogP contribution >= 0.6 is 15.9 Å². The standard InChI is InChI=1S/C21H27N3O2.C18H22BrN3O2/c1-20(2,3)26-19(25)24-17-6-7-18(24)10-21(9-17,13-22)16-8-15(11-23-12-16)14-4-5-14;1-17(2,3)24-16(23)22-14-4-5-15(22)8-18(7-14,11-20)12-6-13(19)10-21-9-12/h8,11-12,14,17-18H,4-7,9-10H2,1-3H3;6,9-10,14-15H,4-5,7-8H2,1-3H3/t17-,18+,21?;14-,15+,18?. The van der Waals surface area contributed by atoms with Crippen molar-refractivity contribution >= 4 is 28.1 Å². The molecule has 11 heteroatoms. The molecule has 6 heterocycles. The number of rotatable bonds is 3. The first kappa shape index (κ1) is 36.1. The average molecular weight is 746 g/mol. The number of aromatic nitrogens is 2. The van der Waals surface area contributed by atoms with Crippen LogP contribution < -0.4 is 0 Å². The smallest absolute Gasteiger partial charge is 0.410 e. The van der Waals surface area contributed by atoms with Crippen molar-refractivity contribution in [2.75, 3.05) is 0 Å². The number of amides is 2. The van der Waals surface area contributed by atoms with Gasteiger partial charge in [-0.3, -0.25) is 9.97 Å². The lowest BCUT2D eigenvalue weighted by molar-refractivity contribution is 0.00119. The zero-order valence-electron chi connectivity index (χ0n) is 30.1. The Labute approximate surface area is 304 Å². The van der Waals surface area contributed by atoms with Crippen LogP contribution in [0.5, 0.6) is 0 Å². The van der Waals surface area contributed by atoms with E-state index in [1.54, 1.807) is 12.4 Å². The highest BCUT2D eigenvalue weighted by Gasteiger charge is 2.53. The van der Waals surface area contributed by atoms with Gasteiger partial charge in [0.05, 0.1) is 23.0 Å². The zero-order chi connectivity index (χ0) is 36.1. The van der Waals surface area contributed by atoms with Gasteiger partial charge in [0.1, 0.15) is 11.2 Å². The molecule has 266 valence electrons. The largest absolute Gasteiger partial charge is 0.444 e. The van der Waals surface area contributed by atoms with Gasteiger partial charge in [-0.2, -0.15) is 10.5 Å². The summed E-state index contributed by atoms with van der Waals surface area (Å²) in [5.41, 5.74) is 1.10. The second-order valence-corrected chi connectivity index (χ2v) is 17.8. The Morgan fingerprint density at radius 1 is 0.700 bits per heavy atom. The van der Waals surface area contributed by atoms with Crippen molar-refractivity contribution in [1.82, 2.24) is 19.8 Å². The van der Waals surface area contributed by atoms with Crippen LogP contribution in [-0.4, -0.2) is 67.3 Å². The second kappa shape index (κ2) is 13.5. The molecule has 0 spiro atoms. The monoisotopic (exact) mass is 744 g/mol. The topological polar surface area (TPSA) is 132 Å². The summed E-state index contributed by atoms with van der Waals surface area (Å²) in [6.07, 6.45) is 15.6. The van der Waals surface area contributed by atoms with Crippen LogP contribution in [0.25, 0.3) is 0 Å². The van der Waals surface area contributed by atoms with E-state index in [0.29, 0.717) is 31.6 Å². The van der Waals surface area contributed by atoms with E-state index in [-0.39, 0.29) is 36.4 Å². The molecule has 2 aromatic heterocycles. The third-order valence-corrected chi connectivity index (χ3v) is 11.3. The van der Waals surface area contributed by atoms with E-state index >= 15 is 0 Å². The third kappa shape index (κ3) is 7.49. The van der Waals surface area contributed by atoms with Gasteiger partial charge in [-0.15, -0.1) is 0 Å². The number of hydrogen-bond acceptors (Lipinski definition) is 8. The van der Waals surface area contributed by atoms with Crippen LogP contribution in [-0.2, 0) is 20.3 Å². The Balaban J connectivity index is 0.000000174. The second-order valence-electron chi connectivity index (χ2n) is 16.9. The predicted octanol–water partition coefficient (Wildman–Crippen LogP) is 8.45. The summed E-state index contributed by atoms with van der Waals surface area (Å²) < 4.78 is 12.1. The molecule has 7 rings (SSSR count). The molecule has 6 atom stereocenters. The Morgan fingerprint density at radius 3 is 1.46 bits per heavy atom. The summed E-state index contributed by atoms with van der Waals surface area (Å²) in [6.45, 7) is 11.3. The molecule has 0 radical (unpaired) electrons. The van der Waals surface area contributed by atoms with Crippen molar-refractivity contribution in [3.8, 4) is 12.1 Å². The molecule has 2 aromatic rings. The summed E-state index contributed by atoms with van der Waals surface area (Å²) in [5.74, 6) is 0.622. The first-order chi connectivity index (χ1) is 23.6. The minimum Gasteiger partial charge on any atom is -0.444 e. The molecule has 1 aliphatic carbocycles. The molecule has 5 fully saturated rings. The van der Waals surface area contributed by atoms with Gasteiger partial charge in [0.15, 0.2) is 0 Å². The number of pyridine rings is 2. The molecule has 2 amide bonds. The molecule has 4 aliphatic heterocycles. The fourth-order valence-corrected chi connectivity index (χ4v) is 8.91. The molecule has 4 saturated heterocycles. The summed E-state index contributed by atoms with van der Waals surface area (Å²) in [7, 11) is 0. The number of carbonyl (C=O) groups is 2. The molecule has 2 unspecified atom stereocenters. The minimum atomic E-state index is -0.582. The summed E-state index contributed by atoms with van der Waals surface area (Å²) in [5, 5.41) is 20.0. The van der Waals surface area contributed by atoms with Gasteiger partial charge >= 0.3 is 12.2 Å². The SMILES string of the molecule is CC(C)(C)OC(=O)N1[C@@H]2CC[C@H]1CC(C#N)(c1cncc(Br)c1)C2.CC(C)(C)OC(=O)N1[C@@H]2CC[C@H]1CC(C#N)(c1cncc(C3CC3)c1)C2. The first-order valence-corrected chi connectivity index (χ1v) is 18.8. The normalized spacial score (nSPS) is 30.0. The maximum atomic E-state index is 12.7. The van der Waals surface area contributed by atoms with Gasteiger partial charge in [-0.25, -0.2) is 9.59 Å². The molecule has 4 bridgehead atoms. The number of nitrogens with zero attached hydrogens (tertiary/aromatic N) is 6. The fourth-order valence-electron chi connectivity index (χ4n) is 8.54. The number of fused-ring (bicyclic) bond motifs is 4.